The Morgan fingerprint density at radius 3 is 1.56 bits per heavy atom. The van der Waals surface area contributed by atoms with Crippen molar-refractivity contribution < 1.29 is 21.5 Å². The molecule has 0 atom stereocenters. The Bertz CT molecular complexity index is 166. The van der Waals surface area contributed by atoms with Gasteiger partial charge in [-0.15, -0.1) is 0 Å². The number of unbranched alkanes of at least 4 members (excludes halogenated alkanes) is 8. The summed E-state index contributed by atoms with van der Waals surface area (Å²) < 4.78 is 0.962. The zero-order chi connectivity index (χ0) is 13.0. The molecule has 0 unspecified atom stereocenters. The first-order valence-corrected chi connectivity index (χ1v) is 7.88. The molecule has 0 aliphatic carbocycles. The van der Waals surface area contributed by atoms with Crippen LogP contribution in [0.3, 0.4) is 0 Å². The lowest BCUT2D eigenvalue weighted by Gasteiger charge is -2.27. The van der Waals surface area contributed by atoms with Crippen LogP contribution in [0.15, 0.2) is 0 Å². The second-order valence-corrected chi connectivity index (χ2v) is 6.19. The molecule has 0 heterocycles. The molecule has 0 radical (unpaired) electrons. The normalized spacial score (nSPS) is 11.3. The van der Waals surface area contributed by atoms with E-state index in [4.69, 9.17) is 5.73 Å². The summed E-state index contributed by atoms with van der Waals surface area (Å²) in [6, 6.07) is 0. The Hall–Kier alpha value is 0.750. The van der Waals surface area contributed by atoms with Gasteiger partial charge in [-0.1, -0.05) is 38.5 Å². The molecule has 0 aromatic rings. The topological polar surface area (TPSA) is 26.0 Å². The maximum Gasteiger partial charge on any atom is 0.129 e. The predicted molar refractivity (Wildman–Crippen MR) is 81.4 cm³/mol. The van der Waals surface area contributed by atoms with E-state index in [2.05, 4.69) is 26.7 Å². The van der Waals surface area contributed by atoms with Gasteiger partial charge in [-0.05, 0) is 25.0 Å². The van der Waals surface area contributed by atoms with Gasteiger partial charge in [0.05, 0.1) is 20.6 Å². The maximum absolute atomic E-state index is 5.69. The maximum atomic E-state index is 5.69. The van der Waals surface area contributed by atoms with Crippen molar-refractivity contribution in [2.75, 3.05) is 33.1 Å². The van der Waals surface area contributed by atoms with E-state index in [1.165, 1.54) is 64.3 Å². The van der Waals surface area contributed by atoms with Gasteiger partial charge in [0.2, 0.25) is 0 Å². The minimum atomic E-state index is 0. The summed E-state index contributed by atoms with van der Waals surface area (Å²) in [6.45, 7) is 1.98. The quantitative estimate of drug-likeness (QED) is 0.229. The van der Waals surface area contributed by atoms with E-state index in [9.17, 15) is 0 Å². The molecule has 4 heteroatoms. The number of quaternary nitrogens is 1. The summed E-state index contributed by atoms with van der Waals surface area (Å²) in [5.41, 5.74) is 5.69. The van der Waals surface area contributed by atoms with Crippen molar-refractivity contribution in [3.05, 3.63) is 0 Å². The van der Waals surface area contributed by atoms with E-state index < -0.39 is 0 Å². The third-order valence-electron chi connectivity index (χ3n) is 3.42. The summed E-state index contributed by atoms with van der Waals surface area (Å²) in [6.07, 6.45) is 12.4. The molecule has 0 rings (SSSR count). The minimum Gasteiger partial charge on any atom is -1.00 e. The molecular formula is C14H33BrN2S. The molecule has 18 heavy (non-hydrogen) atoms. The van der Waals surface area contributed by atoms with E-state index in [1.807, 2.05) is 0 Å². The molecule has 0 amide bonds. The average Bonchev–Trinajstić information content (AvgIpc) is 2.31. The van der Waals surface area contributed by atoms with E-state index in [-0.39, 0.29) is 17.0 Å². The summed E-state index contributed by atoms with van der Waals surface area (Å²) in [7, 11) is 4.42. The SMILES string of the molecule is C[N+](C)(CN)CCCCCCCCCCCS.[Br-]. The first-order chi connectivity index (χ1) is 8.12. The Balaban J connectivity index is 0. The molecule has 2 nitrogen and oxygen atoms in total. The van der Waals surface area contributed by atoms with Crippen molar-refractivity contribution in [2.45, 2.75) is 57.8 Å². The average molecular weight is 341 g/mol. The van der Waals surface area contributed by atoms with Gasteiger partial charge in [0.25, 0.3) is 0 Å². The Morgan fingerprint density at radius 2 is 1.17 bits per heavy atom. The van der Waals surface area contributed by atoms with E-state index in [0.717, 1.165) is 16.9 Å². The molecule has 0 bridgehead atoms. The third-order valence-corrected chi connectivity index (χ3v) is 3.73. The van der Waals surface area contributed by atoms with Gasteiger partial charge in [-0.2, -0.15) is 12.6 Å². The monoisotopic (exact) mass is 340 g/mol. The number of hydrogen-bond donors (Lipinski definition) is 2. The van der Waals surface area contributed by atoms with Gasteiger partial charge in [-0.25, -0.2) is 0 Å². The van der Waals surface area contributed by atoms with Crippen LogP contribution < -0.4 is 22.7 Å². The van der Waals surface area contributed by atoms with Crippen molar-refractivity contribution >= 4 is 12.6 Å². The minimum absolute atomic E-state index is 0. The van der Waals surface area contributed by atoms with Crippen LogP contribution in [0.4, 0.5) is 0 Å². The Morgan fingerprint density at radius 1 is 0.778 bits per heavy atom. The predicted octanol–water partition coefficient (Wildman–Crippen LogP) is 0.424. The Labute approximate surface area is 130 Å². The highest BCUT2D eigenvalue weighted by Gasteiger charge is 2.10. The molecule has 2 N–H and O–H groups in total. The summed E-state index contributed by atoms with van der Waals surface area (Å²) >= 11 is 4.22. The van der Waals surface area contributed by atoms with Crippen LogP contribution in [0.1, 0.15) is 57.8 Å². The van der Waals surface area contributed by atoms with E-state index in [1.54, 1.807) is 0 Å². The number of thiol groups is 1. The molecule has 0 fully saturated rings. The van der Waals surface area contributed by atoms with Crippen LogP contribution in [0.5, 0.6) is 0 Å². The van der Waals surface area contributed by atoms with Gasteiger partial charge in [0.15, 0.2) is 0 Å². The molecule has 0 aromatic heterocycles. The third kappa shape index (κ3) is 14.8. The number of halogens is 1. The molecule has 0 saturated carbocycles. The number of rotatable bonds is 12. The molecule has 0 aromatic carbocycles. The first-order valence-electron chi connectivity index (χ1n) is 7.25. The van der Waals surface area contributed by atoms with Crippen molar-refractivity contribution in [1.82, 2.24) is 0 Å². The van der Waals surface area contributed by atoms with Crippen molar-refractivity contribution in [3.63, 3.8) is 0 Å². The smallest absolute Gasteiger partial charge is 0.129 e. The van der Waals surface area contributed by atoms with Crippen LogP contribution >= 0.6 is 12.6 Å². The van der Waals surface area contributed by atoms with Crippen molar-refractivity contribution in [1.29, 1.82) is 0 Å². The fourth-order valence-corrected chi connectivity index (χ4v) is 2.20. The molecular weight excluding hydrogens is 308 g/mol. The Kier molecular flexibility index (Phi) is 16.6. The fourth-order valence-electron chi connectivity index (χ4n) is 1.98. The highest BCUT2D eigenvalue weighted by Crippen LogP contribution is 2.10. The van der Waals surface area contributed by atoms with Crippen LogP contribution in [0, 0.1) is 0 Å². The summed E-state index contributed by atoms with van der Waals surface area (Å²) in [5, 5.41) is 0. The van der Waals surface area contributed by atoms with Crippen LogP contribution in [0.25, 0.3) is 0 Å². The van der Waals surface area contributed by atoms with E-state index in [0.29, 0.717) is 0 Å². The van der Waals surface area contributed by atoms with Crippen molar-refractivity contribution in [2.24, 2.45) is 5.73 Å². The molecule has 0 saturated heterocycles. The van der Waals surface area contributed by atoms with Gasteiger partial charge >= 0.3 is 0 Å². The second-order valence-electron chi connectivity index (χ2n) is 5.75. The number of nitrogens with zero attached hydrogens (tertiary/aromatic N) is 1. The number of hydrogen-bond acceptors (Lipinski definition) is 2. The van der Waals surface area contributed by atoms with Crippen molar-refractivity contribution in [3.8, 4) is 0 Å². The zero-order valence-corrected chi connectivity index (χ0v) is 14.8. The molecule has 112 valence electrons. The standard InChI is InChI=1S/C14H32N2S.BrH/c1-16(2,14-15)12-10-8-6-4-3-5-7-9-11-13-17;/h3-15H2,1-2H3;1H. The molecule has 0 aliphatic heterocycles. The fraction of sp³-hybridized carbons (Fsp3) is 1.00. The van der Waals surface area contributed by atoms with Crippen LogP contribution in [-0.2, 0) is 0 Å². The first kappa shape index (κ1) is 21.1. The number of nitrogens with two attached hydrogens (primary N) is 1. The molecule has 0 aliphatic rings. The lowest BCUT2D eigenvalue weighted by Crippen LogP contribution is -3.00. The van der Waals surface area contributed by atoms with E-state index >= 15 is 0 Å². The van der Waals surface area contributed by atoms with Crippen LogP contribution in [0.2, 0.25) is 0 Å². The highest BCUT2D eigenvalue weighted by molar-refractivity contribution is 7.80. The summed E-state index contributed by atoms with van der Waals surface area (Å²) in [5.74, 6) is 1.05. The molecule has 0 spiro atoms. The van der Waals surface area contributed by atoms with Gasteiger partial charge in [0, 0.05) is 0 Å². The van der Waals surface area contributed by atoms with Crippen LogP contribution in [-0.4, -0.2) is 37.5 Å². The highest BCUT2D eigenvalue weighted by atomic mass is 79.9. The van der Waals surface area contributed by atoms with Gasteiger partial charge in [0.1, 0.15) is 6.67 Å². The second kappa shape index (κ2) is 14.2. The lowest BCUT2D eigenvalue weighted by atomic mass is 10.1. The zero-order valence-electron chi connectivity index (χ0n) is 12.3. The van der Waals surface area contributed by atoms with Gasteiger partial charge in [-0.3, -0.25) is 5.73 Å². The lowest BCUT2D eigenvalue weighted by molar-refractivity contribution is -0.890. The summed E-state index contributed by atoms with van der Waals surface area (Å²) in [4.78, 5) is 0. The van der Waals surface area contributed by atoms with Gasteiger partial charge < -0.3 is 21.5 Å². The largest absolute Gasteiger partial charge is 1.00 e.